The highest BCUT2D eigenvalue weighted by molar-refractivity contribution is 5.95. The highest BCUT2D eigenvalue weighted by Gasteiger charge is 2.39. The van der Waals surface area contributed by atoms with Crippen LogP contribution in [0.3, 0.4) is 0 Å². The van der Waals surface area contributed by atoms with Crippen molar-refractivity contribution in [1.82, 2.24) is 9.80 Å². The number of likely N-dealkylation sites (tertiary alicyclic amines) is 1. The van der Waals surface area contributed by atoms with Gasteiger partial charge >= 0.3 is 0 Å². The number of benzene rings is 1. The Kier molecular flexibility index (Phi) is 5.51. The lowest BCUT2D eigenvalue weighted by atomic mass is 9.83. The maximum Gasteiger partial charge on any atom is 0.254 e. The van der Waals surface area contributed by atoms with Crippen LogP contribution >= 0.6 is 0 Å². The van der Waals surface area contributed by atoms with Gasteiger partial charge in [-0.05, 0) is 68.6 Å². The van der Waals surface area contributed by atoms with Crippen LogP contribution in [-0.4, -0.2) is 40.2 Å². The van der Waals surface area contributed by atoms with E-state index in [-0.39, 0.29) is 11.8 Å². The third kappa shape index (κ3) is 4.20. The minimum absolute atomic E-state index is 0.201. The van der Waals surface area contributed by atoms with Crippen LogP contribution in [-0.2, 0) is 11.3 Å². The maximum absolute atomic E-state index is 13.4. The van der Waals surface area contributed by atoms with Gasteiger partial charge in [0.05, 0.1) is 0 Å². The normalized spacial score (nSPS) is 25.7. The third-order valence-corrected chi connectivity index (χ3v) is 6.68. The van der Waals surface area contributed by atoms with Gasteiger partial charge in [0.2, 0.25) is 5.91 Å². The van der Waals surface area contributed by atoms with Crippen molar-refractivity contribution in [3.05, 3.63) is 35.4 Å². The predicted octanol–water partition coefficient (Wildman–Crippen LogP) is 4.38. The van der Waals surface area contributed by atoms with Gasteiger partial charge in [-0.15, -0.1) is 0 Å². The van der Waals surface area contributed by atoms with E-state index in [0.717, 1.165) is 55.7 Å². The summed E-state index contributed by atoms with van der Waals surface area (Å²) in [5, 5.41) is 0. The summed E-state index contributed by atoms with van der Waals surface area (Å²) >= 11 is 0. The molecule has 0 spiro atoms. The molecule has 4 heteroatoms. The number of nitrogens with zero attached hydrogens (tertiary/aromatic N) is 2. The summed E-state index contributed by atoms with van der Waals surface area (Å²) < 4.78 is 0. The number of carbonyl (C=O) groups excluding carboxylic acids is 2. The molecule has 1 saturated heterocycles. The zero-order valence-electron chi connectivity index (χ0n) is 16.5. The first-order valence-corrected chi connectivity index (χ1v) is 10.8. The van der Waals surface area contributed by atoms with Gasteiger partial charge < -0.3 is 9.80 Å². The second-order valence-corrected chi connectivity index (χ2v) is 8.65. The topological polar surface area (TPSA) is 40.6 Å². The van der Waals surface area contributed by atoms with Crippen LogP contribution in [0.2, 0.25) is 0 Å². The van der Waals surface area contributed by atoms with Gasteiger partial charge in [-0.3, -0.25) is 9.59 Å². The molecule has 2 aliphatic carbocycles. The number of hydrogen-bond acceptors (Lipinski definition) is 2. The number of carbonyl (C=O) groups is 2. The molecule has 0 bridgehead atoms. The highest BCUT2D eigenvalue weighted by atomic mass is 16.2. The van der Waals surface area contributed by atoms with E-state index in [9.17, 15) is 9.59 Å². The van der Waals surface area contributed by atoms with Crippen LogP contribution in [0.4, 0.5) is 0 Å². The van der Waals surface area contributed by atoms with E-state index < -0.39 is 0 Å². The molecular weight excluding hydrogens is 336 g/mol. The molecule has 0 aromatic heterocycles. The van der Waals surface area contributed by atoms with Gasteiger partial charge in [-0.1, -0.05) is 25.5 Å². The Morgan fingerprint density at radius 3 is 2.41 bits per heavy atom. The molecule has 3 aliphatic rings. The Hall–Kier alpha value is -1.84. The fraction of sp³-hybridized carbons (Fsp3) is 0.652. The van der Waals surface area contributed by atoms with Crippen LogP contribution in [0.15, 0.2) is 24.3 Å². The van der Waals surface area contributed by atoms with Crippen molar-refractivity contribution in [1.29, 1.82) is 0 Å². The Morgan fingerprint density at radius 1 is 1.11 bits per heavy atom. The first-order chi connectivity index (χ1) is 13.2. The van der Waals surface area contributed by atoms with Gasteiger partial charge in [0.1, 0.15) is 0 Å². The summed E-state index contributed by atoms with van der Waals surface area (Å²) in [6.07, 6.45) is 10.0. The van der Waals surface area contributed by atoms with Crippen LogP contribution in [0.25, 0.3) is 0 Å². The molecule has 1 aliphatic heterocycles. The third-order valence-electron chi connectivity index (χ3n) is 6.68. The average Bonchev–Trinajstić information content (AvgIpc) is 3.45. The van der Waals surface area contributed by atoms with E-state index in [2.05, 4.69) is 11.8 Å². The molecule has 3 fully saturated rings. The average molecular weight is 369 g/mol. The van der Waals surface area contributed by atoms with Crippen LogP contribution < -0.4 is 0 Å². The molecule has 0 unspecified atom stereocenters. The lowest BCUT2D eigenvalue weighted by Crippen LogP contribution is -2.44. The molecule has 1 aromatic carbocycles. The minimum Gasteiger partial charge on any atom is -0.338 e. The Morgan fingerprint density at radius 2 is 1.81 bits per heavy atom. The van der Waals surface area contributed by atoms with Crippen molar-refractivity contribution < 1.29 is 9.59 Å². The number of rotatable bonds is 6. The Labute approximate surface area is 162 Å². The lowest BCUT2D eigenvalue weighted by Gasteiger charge is -2.37. The van der Waals surface area contributed by atoms with Crippen molar-refractivity contribution in [2.75, 3.05) is 6.54 Å². The fourth-order valence-corrected chi connectivity index (χ4v) is 4.86. The number of amides is 2. The van der Waals surface area contributed by atoms with Gasteiger partial charge in [0.15, 0.2) is 0 Å². The lowest BCUT2D eigenvalue weighted by molar-refractivity contribution is -0.128. The smallest absolute Gasteiger partial charge is 0.254 e. The summed E-state index contributed by atoms with van der Waals surface area (Å²) in [4.78, 5) is 29.4. The van der Waals surface area contributed by atoms with Crippen LogP contribution in [0.5, 0.6) is 0 Å². The Bertz CT molecular complexity index is 689. The molecule has 0 atom stereocenters. The van der Waals surface area contributed by atoms with E-state index in [1.165, 1.54) is 19.3 Å². The first kappa shape index (κ1) is 18.5. The van der Waals surface area contributed by atoms with Crippen molar-refractivity contribution in [2.24, 2.45) is 5.92 Å². The van der Waals surface area contributed by atoms with Crippen LogP contribution in [0.1, 0.15) is 80.6 Å². The van der Waals surface area contributed by atoms with E-state index in [1.807, 2.05) is 29.2 Å². The van der Waals surface area contributed by atoms with Gasteiger partial charge in [0.25, 0.3) is 5.91 Å². The summed E-state index contributed by atoms with van der Waals surface area (Å²) in [7, 11) is 0. The molecule has 146 valence electrons. The van der Waals surface area contributed by atoms with Gasteiger partial charge in [0, 0.05) is 37.2 Å². The molecule has 4 rings (SSSR count). The molecule has 1 heterocycles. The first-order valence-electron chi connectivity index (χ1n) is 10.8. The van der Waals surface area contributed by atoms with Gasteiger partial charge in [-0.25, -0.2) is 0 Å². The van der Waals surface area contributed by atoms with Crippen molar-refractivity contribution in [3.8, 4) is 0 Å². The molecule has 2 saturated carbocycles. The molecule has 0 N–H and O–H groups in total. The SMILES string of the molecule is CCC1CCC(N(C(=O)c2cccc(CN3CCCC3=O)c2)C2CC2)CC1. The molecule has 0 radical (unpaired) electrons. The van der Waals surface area contributed by atoms with Crippen molar-refractivity contribution in [2.45, 2.75) is 83.3 Å². The fourth-order valence-electron chi connectivity index (χ4n) is 4.86. The maximum atomic E-state index is 13.4. The van der Waals surface area contributed by atoms with E-state index in [0.29, 0.717) is 25.0 Å². The summed E-state index contributed by atoms with van der Waals surface area (Å²) in [5.74, 6) is 1.28. The van der Waals surface area contributed by atoms with Crippen molar-refractivity contribution in [3.63, 3.8) is 0 Å². The molecular formula is C23H32N2O2. The van der Waals surface area contributed by atoms with E-state index >= 15 is 0 Å². The quantitative estimate of drug-likeness (QED) is 0.747. The van der Waals surface area contributed by atoms with Gasteiger partial charge in [-0.2, -0.15) is 0 Å². The molecule has 4 nitrogen and oxygen atoms in total. The standard InChI is InChI=1S/C23H32N2O2/c1-2-17-8-10-20(11-9-17)25(21-12-13-21)23(27)19-6-3-5-18(15-19)16-24-14-4-7-22(24)26/h3,5-6,15,17,20-21H,2,4,7-14,16H2,1H3. The zero-order chi connectivity index (χ0) is 18.8. The second-order valence-electron chi connectivity index (χ2n) is 8.65. The molecule has 27 heavy (non-hydrogen) atoms. The Balaban J connectivity index is 1.47. The predicted molar refractivity (Wildman–Crippen MR) is 106 cm³/mol. The summed E-state index contributed by atoms with van der Waals surface area (Å²) in [6, 6.07) is 8.84. The molecule has 1 aromatic rings. The summed E-state index contributed by atoms with van der Waals surface area (Å²) in [6.45, 7) is 3.75. The van der Waals surface area contributed by atoms with E-state index in [4.69, 9.17) is 0 Å². The minimum atomic E-state index is 0.201. The second kappa shape index (κ2) is 8.04. The van der Waals surface area contributed by atoms with Crippen LogP contribution in [0, 0.1) is 5.92 Å². The van der Waals surface area contributed by atoms with Crippen molar-refractivity contribution >= 4 is 11.8 Å². The number of hydrogen-bond donors (Lipinski definition) is 0. The summed E-state index contributed by atoms with van der Waals surface area (Å²) in [5.41, 5.74) is 1.87. The van der Waals surface area contributed by atoms with E-state index in [1.54, 1.807) is 0 Å². The largest absolute Gasteiger partial charge is 0.338 e. The monoisotopic (exact) mass is 368 g/mol. The zero-order valence-corrected chi connectivity index (χ0v) is 16.5. The molecule has 2 amide bonds. The highest BCUT2D eigenvalue weighted by Crippen LogP contribution is 2.37.